The number of aromatic nitrogens is 2. The van der Waals surface area contributed by atoms with Crippen LogP contribution in [0.25, 0.3) is 0 Å². The largest absolute Gasteiger partial charge is 0.480 e. The Hall–Kier alpha value is -1.66. The number of ether oxygens (including phenoxy) is 2. The minimum atomic E-state index is -0.0108. The van der Waals surface area contributed by atoms with E-state index in [1.54, 1.807) is 31.8 Å². The average molecular weight is 293 g/mol. The van der Waals surface area contributed by atoms with E-state index in [0.29, 0.717) is 11.8 Å². The van der Waals surface area contributed by atoms with Gasteiger partial charge in [-0.05, 0) is 24.4 Å². The van der Waals surface area contributed by atoms with Crippen molar-refractivity contribution >= 4 is 11.3 Å². The van der Waals surface area contributed by atoms with Gasteiger partial charge in [0.1, 0.15) is 5.69 Å². The molecule has 0 aromatic carbocycles. The molecule has 2 rings (SSSR count). The van der Waals surface area contributed by atoms with Gasteiger partial charge in [0.2, 0.25) is 11.8 Å². The maximum Gasteiger partial charge on any atom is 0.240 e. The lowest BCUT2D eigenvalue weighted by Crippen LogP contribution is -2.24. The van der Waals surface area contributed by atoms with Crippen LogP contribution in [0.3, 0.4) is 0 Å². The molecular weight excluding hydrogens is 274 g/mol. The Labute approximate surface area is 123 Å². The van der Waals surface area contributed by atoms with Crippen molar-refractivity contribution in [2.24, 2.45) is 0 Å². The van der Waals surface area contributed by atoms with E-state index in [-0.39, 0.29) is 6.04 Å². The third kappa shape index (κ3) is 3.26. The Bertz CT molecular complexity index is 531. The topological polar surface area (TPSA) is 56.3 Å². The normalized spacial score (nSPS) is 12.2. The summed E-state index contributed by atoms with van der Waals surface area (Å²) in [6.07, 6.45) is 2.67. The van der Waals surface area contributed by atoms with Crippen LogP contribution in [0.5, 0.6) is 11.8 Å². The Kier molecular flexibility index (Phi) is 5.31. The van der Waals surface area contributed by atoms with E-state index in [1.165, 1.54) is 4.88 Å². The first-order valence-corrected chi connectivity index (χ1v) is 7.39. The molecule has 5 nitrogen and oxygen atoms in total. The molecule has 1 N–H and O–H groups in total. The number of rotatable bonds is 7. The lowest BCUT2D eigenvalue weighted by Gasteiger charge is -2.18. The van der Waals surface area contributed by atoms with Gasteiger partial charge >= 0.3 is 0 Å². The van der Waals surface area contributed by atoms with Crippen LogP contribution >= 0.6 is 11.3 Å². The lowest BCUT2D eigenvalue weighted by molar-refractivity contribution is 0.352. The van der Waals surface area contributed by atoms with Gasteiger partial charge in [-0.15, -0.1) is 11.3 Å². The summed E-state index contributed by atoms with van der Waals surface area (Å²) in [5.74, 6) is 0.942. The summed E-state index contributed by atoms with van der Waals surface area (Å²) in [6.45, 7) is 3.04. The van der Waals surface area contributed by atoms with Crippen LogP contribution in [0.1, 0.15) is 30.0 Å². The zero-order valence-corrected chi connectivity index (χ0v) is 12.7. The second-order valence-electron chi connectivity index (χ2n) is 4.21. The third-order valence-electron chi connectivity index (χ3n) is 2.85. The first-order valence-electron chi connectivity index (χ1n) is 6.51. The molecule has 2 aromatic heterocycles. The standard InChI is InChI=1S/C14H19N3O2S/c1-4-7-15-12(10-6-5-8-20-10)13-14(19-3)17-11(18-2)9-16-13/h5-6,8-9,12,15H,4,7H2,1-3H3. The molecule has 0 aliphatic rings. The van der Waals surface area contributed by atoms with E-state index in [0.717, 1.165) is 18.7 Å². The molecule has 2 aromatic rings. The summed E-state index contributed by atoms with van der Waals surface area (Å²) in [5, 5.41) is 5.54. The second kappa shape index (κ2) is 7.21. The zero-order chi connectivity index (χ0) is 14.4. The van der Waals surface area contributed by atoms with Crippen LogP contribution in [-0.2, 0) is 0 Å². The van der Waals surface area contributed by atoms with E-state index >= 15 is 0 Å². The molecule has 0 saturated heterocycles. The smallest absolute Gasteiger partial charge is 0.240 e. The molecule has 108 valence electrons. The summed E-state index contributed by atoms with van der Waals surface area (Å²) in [4.78, 5) is 9.96. The van der Waals surface area contributed by atoms with Gasteiger partial charge in [0.15, 0.2) is 0 Å². The van der Waals surface area contributed by atoms with Crippen molar-refractivity contribution in [1.29, 1.82) is 0 Å². The Morgan fingerprint density at radius 1 is 1.35 bits per heavy atom. The van der Waals surface area contributed by atoms with Gasteiger partial charge in [0.05, 0.1) is 26.5 Å². The van der Waals surface area contributed by atoms with Gasteiger partial charge in [0, 0.05) is 4.88 Å². The fourth-order valence-electron chi connectivity index (χ4n) is 1.89. The highest BCUT2D eigenvalue weighted by atomic mass is 32.1. The molecule has 0 fully saturated rings. The molecular formula is C14H19N3O2S. The third-order valence-corrected chi connectivity index (χ3v) is 3.78. The van der Waals surface area contributed by atoms with Crippen LogP contribution in [0.15, 0.2) is 23.7 Å². The van der Waals surface area contributed by atoms with Gasteiger partial charge in [0.25, 0.3) is 0 Å². The Morgan fingerprint density at radius 2 is 2.20 bits per heavy atom. The number of nitrogens with one attached hydrogen (secondary N) is 1. The van der Waals surface area contributed by atoms with Crippen LogP contribution < -0.4 is 14.8 Å². The molecule has 6 heteroatoms. The molecule has 0 saturated carbocycles. The highest BCUT2D eigenvalue weighted by Gasteiger charge is 2.21. The maximum atomic E-state index is 5.36. The molecule has 0 spiro atoms. The lowest BCUT2D eigenvalue weighted by atomic mass is 10.1. The number of methoxy groups -OCH3 is 2. The quantitative estimate of drug-likeness (QED) is 0.850. The molecule has 1 unspecified atom stereocenters. The first kappa shape index (κ1) is 14.7. The van der Waals surface area contributed by atoms with Crippen molar-refractivity contribution in [3.63, 3.8) is 0 Å². The molecule has 0 amide bonds. The summed E-state index contributed by atoms with van der Waals surface area (Å²) in [7, 11) is 3.16. The maximum absolute atomic E-state index is 5.36. The fourth-order valence-corrected chi connectivity index (χ4v) is 2.69. The summed E-state index contributed by atoms with van der Waals surface area (Å²) >= 11 is 1.69. The number of thiophene rings is 1. The molecule has 0 aliphatic heterocycles. The van der Waals surface area contributed by atoms with Gasteiger partial charge in [-0.1, -0.05) is 13.0 Å². The zero-order valence-electron chi connectivity index (χ0n) is 11.9. The molecule has 0 radical (unpaired) electrons. The second-order valence-corrected chi connectivity index (χ2v) is 5.19. The van der Waals surface area contributed by atoms with Crippen LogP contribution in [0, 0.1) is 0 Å². The van der Waals surface area contributed by atoms with Gasteiger partial charge in [-0.2, -0.15) is 4.98 Å². The minimum Gasteiger partial charge on any atom is -0.480 e. The van der Waals surface area contributed by atoms with E-state index in [1.807, 2.05) is 6.07 Å². The van der Waals surface area contributed by atoms with Crippen LogP contribution in [0.2, 0.25) is 0 Å². The predicted octanol–water partition coefficient (Wildman–Crippen LogP) is 2.64. The number of hydrogen-bond donors (Lipinski definition) is 1. The summed E-state index contributed by atoms with van der Waals surface area (Å²) in [5.41, 5.74) is 0.782. The van der Waals surface area contributed by atoms with Gasteiger partial charge in [-0.3, -0.25) is 0 Å². The van der Waals surface area contributed by atoms with Gasteiger partial charge in [-0.25, -0.2) is 4.98 Å². The van der Waals surface area contributed by atoms with E-state index < -0.39 is 0 Å². The van der Waals surface area contributed by atoms with Crippen molar-refractivity contribution in [1.82, 2.24) is 15.3 Å². The molecule has 20 heavy (non-hydrogen) atoms. The molecule has 0 aliphatic carbocycles. The molecule has 1 atom stereocenters. The fraction of sp³-hybridized carbons (Fsp3) is 0.429. The molecule has 2 heterocycles. The number of hydrogen-bond acceptors (Lipinski definition) is 6. The van der Waals surface area contributed by atoms with Crippen LogP contribution in [-0.4, -0.2) is 30.7 Å². The predicted molar refractivity (Wildman–Crippen MR) is 79.6 cm³/mol. The van der Waals surface area contributed by atoms with Crippen molar-refractivity contribution in [2.45, 2.75) is 19.4 Å². The minimum absolute atomic E-state index is 0.0108. The van der Waals surface area contributed by atoms with Crippen molar-refractivity contribution in [2.75, 3.05) is 20.8 Å². The van der Waals surface area contributed by atoms with Crippen molar-refractivity contribution < 1.29 is 9.47 Å². The summed E-state index contributed by atoms with van der Waals surface area (Å²) < 4.78 is 10.4. The SMILES string of the molecule is CCCNC(c1cccs1)c1ncc(OC)nc1OC. The number of nitrogens with zero attached hydrogens (tertiary/aromatic N) is 2. The van der Waals surface area contributed by atoms with Crippen molar-refractivity contribution in [3.8, 4) is 11.8 Å². The van der Waals surface area contributed by atoms with Crippen LogP contribution in [0.4, 0.5) is 0 Å². The Morgan fingerprint density at radius 3 is 2.80 bits per heavy atom. The highest BCUT2D eigenvalue weighted by Crippen LogP contribution is 2.30. The Balaban J connectivity index is 2.37. The summed E-state index contributed by atoms with van der Waals surface area (Å²) in [6, 6.07) is 4.11. The highest BCUT2D eigenvalue weighted by molar-refractivity contribution is 7.10. The van der Waals surface area contributed by atoms with Gasteiger partial charge < -0.3 is 14.8 Å². The first-order chi connectivity index (χ1) is 9.80. The van der Waals surface area contributed by atoms with E-state index in [4.69, 9.17) is 9.47 Å². The molecule has 0 bridgehead atoms. The van der Waals surface area contributed by atoms with E-state index in [2.05, 4.69) is 33.7 Å². The monoisotopic (exact) mass is 293 g/mol. The van der Waals surface area contributed by atoms with Crippen molar-refractivity contribution in [3.05, 3.63) is 34.3 Å². The van der Waals surface area contributed by atoms with E-state index in [9.17, 15) is 0 Å². The average Bonchev–Trinajstić information content (AvgIpc) is 3.02.